The molecule has 0 bridgehead atoms. The number of benzene rings is 1. The van der Waals surface area contributed by atoms with Crippen molar-refractivity contribution in [1.82, 2.24) is 5.16 Å². The zero-order valence-corrected chi connectivity index (χ0v) is 10.1. The van der Waals surface area contributed by atoms with Crippen LogP contribution in [0, 0.1) is 13.8 Å². The van der Waals surface area contributed by atoms with Gasteiger partial charge in [-0.25, -0.2) is 0 Å². The normalized spacial score (nSPS) is 11.2. The van der Waals surface area contributed by atoms with Gasteiger partial charge in [0, 0.05) is 5.39 Å². The van der Waals surface area contributed by atoms with Gasteiger partial charge in [0.1, 0.15) is 5.56 Å². The summed E-state index contributed by atoms with van der Waals surface area (Å²) in [7, 11) is 0. The molecule has 0 aliphatic heterocycles. The van der Waals surface area contributed by atoms with Crippen LogP contribution in [0.2, 0.25) is 0 Å². The number of aromatic nitrogens is 1. The van der Waals surface area contributed by atoms with Gasteiger partial charge in [-0.3, -0.25) is 0 Å². The highest BCUT2D eigenvalue weighted by molar-refractivity contribution is 5.83. The summed E-state index contributed by atoms with van der Waals surface area (Å²) in [5.74, 6) is 0. The van der Waals surface area contributed by atoms with Crippen molar-refractivity contribution in [3.63, 3.8) is 0 Å². The van der Waals surface area contributed by atoms with Crippen LogP contribution in [-0.2, 0) is 6.18 Å². The lowest BCUT2D eigenvalue weighted by atomic mass is 10.1. The van der Waals surface area contributed by atoms with E-state index in [1.807, 2.05) is 13.8 Å². The maximum absolute atomic E-state index is 12.6. The molecule has 1 heterocycles. The summed E-state index contributed by atoms with van der Waals surface area (Å²) >= 11 is 0. The maximum Gasteiger partial charge on any atom is 0.420 e. The lowest BCUT2D eigenvalue weighted by Gasteiger charge is -2.07. The van der Waals surface area contributed by atoms with Crippen LogP contribution in [0.1, 0.15) is 30.7 Å². The Balaban J connectivity index is 0.000000686. The second-order valence-corrected chi connectivity index (χ2v) is 3.45. The largest absolute Gasteiger partial charge is 0.420 e. The molecule has 2 rings (SSSR count). The molecule has 0 amide bonds. The molecule has 17 heavy (non-hydrogen) atoms. The highest BCUT2D eigenvalue weighted by Crippen LogP contribution is 2.36. The van der Waals surface area contributed by atoms with Crippen LogP contribution in [0.15, 0.2) is 16.7 Å². The monoisotopic (exact) mass is 245 g/mol. The molecule has 0 saturated heterocycles. The van der Waals surface area contributed by atoms with Crippen molar-refractivity contribution < 1.29 is 17.7 Å². The van der Waals surface area contributed by atoms with Crippen molar-refractivity contribution >= 4 is 11.0 Å². The van der Waals surface area contributed by atoms with Crippen molar-refractivity contribution in [2.24, 2.45) is 0 Å². The number of aryl methyl sites for hydroxylation is 2. The number of hydrogen-bond acceptors (Lipinski definition) is 2. The van der Waals surface area contributed by atoms with E-state index in [2.05, 4.69) is 5.16 Å². The van der Waals surface area contributed by atoms with Crippen molar-refractivity contribution in [3.8, 4) is 0 Å². The summed E-state index contributed by atoms with van der Waals surface area (Å²) in [5.41, 5.74) is 0.0593. The maximum atomic E-state index is 12.6. The molecule has 0 radical (unpaired) electrons. The fraction of sp³-hybridized carbons (Fsp3) is 0.417. The second kappa shape index (κ2) is 4.77. The van der Waals surface area contributed by atoms with Gasteiger partial charge in [-0.15, -0.1) is 0 Å². The lowest BCUT2D eigenvalue weighted by Crippen LogP contribution is -2.05. The van der Waals surface area contributed by atoms with Crippen LogP contribution >= 0.6 is 0 Å². The second-order valence-electron chi connectivity index (χ2n) is 3.45. The first-order chi connectivity index (χ1) is 7.89. The quantitative estimate of drug-likeness (QED) is 0.683. The molecule has 2 aromatic rings. The molecule has 0 spiro atoms. The van der Waals surface area contributed by atoms with Crippen LogP contribution in [0.3, 0.4) is 0 Å². The third kappa shape index (κ3) is 2.60. The highest BCUT2D eigenvalue weighted by atomic mass is 19.4. The molecule has 0 N–H and O–H groups in total. The van der Waals surface area contributed by atoms with E-state index in [4.69, 9.17) is 4.52 Å². The average molecular weight is 245 g/mol. The number of rotatable bonds is 0. The number of halogens is 3. The Hall–Kier alpha value is -1.52. The zero-order valence-electron chi connectivity index (χ0n) is 10.1. The number of alkyl halides is 3. The molecule has 0 saturated carbocycles. The third-order valence-electron chi connectivity index (χ3n) is 2.20. The Kier molecular flexibility index (Phi) is 3.80. The van der Waals surface area contributed by atoms with E-state index in [0.29, 0.717) is 16.6 Å². The number of hydrogen-bond donors (Lipinski definition) is 0. The van der Waals surface area contributed by atoms with Crippen LogP contribution in [0.5, 0.6) is 0 Å². The third-order valence-corrected chi connectivity index (χ3v) is 2.20. The molecule has 2 nitrogen and oxygen atoms in total. The minimum Gasteiger partial charge on any atom is -0.355 e. The van der Waals surface area contributed by atoms with Crippen LogP contribution in [0.25, 0.3) is 11.0 Å². The summed E-state index contributed by atoms with van der Waals surface area (Å²) in [6.45, 7) is 7.23. The molecule has 0 fully saturated rings. The first kappa shape index (κ1) is 13.5. The fourth-order valence-electron chi connectivity index (χ4n) is 1.51. The predicted octanol–water partition coefficient (Wildman–Crippen LogP) is 4.49. The van der Waals surface area contributed by atoms with Crippen LogP contribution in [-0.4, -0.2) is 5.16 Å². The van der Waals surface area contributed by atoms with E-state index >= 15 is 0 Å². The van der Waals surface area contributed by atoms with Gasteiger partial charge in [-0.2, -0.15) is 13.2 Å². The molecule has 0 atom stereocenters. The van der Waals surface area contributed by atoms with Gasteiger partial charge < -0.3 is 4.52 Å². The average Bonchev–Trinajstić information content (AvgIpc) is 2.61. The van der Waals surface area contributed by atoms with Gasteiger partial charge in [-0.05, 0) is 31.5 Å². The minimum atomic E-state index is -4.41. The highest BCUT2D eigenvalue weighted by Gasteiger charge is 2.35. The molecular formula is C12H14F3NO. The van der Waals surface area contributed by atoms with E-state index in [9.17, 15) is 13.2 Å². The Morgan fingerprint density at radius 2 is 1.71 bits per heavy atom. The van der Waals surface area contributed by atoms with Gasteiger partial charge in [-0.1, -0.05) is 19.0 Å². The summed E-state index contributed by atoms with van der Waals surface area (Å²) in [4.78, 5) is 0. The fourth-order valence-corrected chi connectivity index (χ4v) is 1.51. The van der Waals surface area contributed by atoms with E-state index in [1.54, 1.807) is 19.9 Å². The number of nitrogens with zero attached hydrogens (tertiary/aromatic N) is 1. The molecule has 0 aliphatic rings. The van der Waals surface area contributed by atoms with Crippen molar-refractivity contribution in [2.45, 2.75) is 33.9 Å². The molecule has 0 unspecified atom stereocenters. The molecular weight excluding hydrogens is 231 g/mol. The summed E-state index contributed by atoms with van der Waals surface area (Å²) in [6, 6.07) is 2.70. The van der Waals surface area contributed by atoms with Crippen LogP contribution < -0.4 is 0 Å². The molecule has 0 aliphatic carbocycles. The minimum absolute atomic E-state index is 0.189. The van der Waals surface area contributed by atoms with Crippen molar-refractivity contribution in [2.75, 3.05) is 0 Å². The summed E-state index contributed by atoms with van der Waals surface area (Å²) in [6.07, 6.45) is -4.41. The molecule has 1 aromatic heterocycles. The molecule has 94 valence electrons. The Bertz CT molecular complexity index is 514. The van der Waals surface area contributed by atoms with E-state index in [-0.39, 0.29) is 5.58 Å². The van der Waals surface area contributed by atoms with E-state index < -0.39 is 11.7 Å². The number of fused-ring (bicyclic) bond motifs is 1. The SMILES string of the molecule is CC.Cc1cc(C(F)(F)F)c2onc(C)c2c1. The summed E-state index contributed by atoms with van der Waals surface area (Å²) < 4.78 is 42.5. The van der Waals surface area contributed by atoms with Crippen molar-refractivity contribution in [3.05, 3.63) is 29.0 Å². The van der Waals surface area contributed by atoms with Gasteiger partial charge >= 0.3 is 6.18 Å². The first-order valence-corrected chi connectivity index (χ1v) is 5.33. The Labute approximate surface area is 97.4 Å². The van der Waals surface area contributed by atoms with Gasteiger partial charge in [0.15, 0.2) is 5.58 Å². The van der Waals surface area contributed by atoms with Crippen LogP contribution in [0.4, 0.5) is 13.2 Å². The summed E-state index contributed by atoms with van der Waals surface area (Å²) in [5, 5.41) is 3.95. The Morgan fingerprint density at radius 3 is 2.24 bits per heavy atom. The van der Waals surface area contributed by atoms with Gasteiger partial charge in [0.25, 0.3) is 0 Å². The molecule has 1 aromatic carbocycles. The molecule has 5 heteroatoms. The smallest absolute Gasteiger partial charge is 0.355 e. The first-order valence-electron chi connectivity index (χ1n) is 5.33. The topological polar surface area (TPSA) is 26.0 Å². The lowest BCUT2D eigenvalue weighted by molar-refractivity contribution is -0.137. The van der Waals surface area contributed by atoms with Gasteiger partial charge in [0.05, 0.1) is 5.69 Å². The zero-order chi connectivity index (χ0) is 13.2. The van der Waals surface area contributed by atoms with E-state index in [0.717, 1.165) is 6.07 Å². The van der Waals surface area contributed by atoms with Crippen molar-refractivity contribution in [1.29, 1.82) is 0 Å². The van der Waals surface area contributed by atoms with E-state index in [1.165, 1.54) is 0 Å². The standard InChI is InChI=1S/C10H8F3NO.C2H6/c1-5-3-7-6(2)14-15-9(7)8(4-5)10(11,12)13;1-2/h3-4H,1-2H3;1-2H3. The van der Waals surface area contributed by atoms with Gasteiger partial charge in [0.2, 0.25) is 0 Å². The Morgan fingerprint density at radius 1 is 1.12 bits per heavy atom. The predicted molar refractivity (Wildman–Crippen MR) is 59.8 cm³/mol.